The molecule has 0 spiro atoms. The first-order valence-corrected chi connectivity index (χ1v) is 6.35. The summed E-state index contributed by atoms with van der Waals surface area (Å²) in [5.74, 6) is 0. The van der Waals surface area contributed by atoms with E-state index >= 15 is 0 Å². The van der Waals surface area contributed by atoms with Crippen LogP contribution < -0.4 is 0 Å². The molecule has 0 aliphatic carbocycles. The van der Waals surface area contributed by atoms with Crippen LogP contribution in [-0.2, 0) is 19.1 Å². The van der Waals surface area contributed by atoms with Crippen LogP contribution in [0.4, 0.5) is 0 Å². The van der Waals surface area contributed by atoms with Gasteiger partial charge in [0.15, 0.2) is 0 Å². The van der Waals surface area contributed by atoms with Gasteiger partial charge < -0.3 is 0 Å². The second-order valence-electron chi connectivity index (χ2n) is 3.15. The molecule has 0 aliphatic heterocycles. The molecule has 1 aromatic carbocycles. The third kappa shape index (κ3) is 3.59. The molecule has 0 heterocycles. The maximum absolute atomic E-state index is 11.7. The summed E-state index contributed by atoms with van der Waals surface area (Å²) in [6.07, 6.45) is -0.132. The zero-order valence-electron chi connectivity index (χ0n) is 8.64. The van der Waals surface area contributed by atoms with Gasteiger partial charge in [-0.15, -0.1) is 0 Å². The summed E-state index contributed by atoms with van der Waals surface area (Å²) in [5, 5.41) is -0.625. The molecular formula is C10H11ClO4S. The number of carbonyl (C=O) groups is 1. The quantitative estimate of drug-likeness (QED) is 0.600. The Balaban J connectivity index is 2.79. The minimum absolute atomic E-state index is 0.108. The van der Waals surface area contributed by atoms with E-state index in [1.54, 1.807) is 25.1 Å². The second kappa shape index (κ2) is 5.43. The highest BCUT2D eigenvalue weighted by Crippen LogP contribution is 2.16. The van der Waals surface area contributed by atoms with Gasteiger partial charge in [-0.25, -0.2) is 0 Å². The van der Waals surface area contributed by atoms with Crippen LogP contribution >= 0.6 is 11.6 Å². The smallest absolute Gasteiger partial charge is 0.281 e. The van der Waals surface area contributed by atoms with E-state index in [9.17, 15) is 13.2 Å². The van der Waals surface area contributed by atoms with Gasteiger partial charge >= 0.3 is 0 Å². The zero-order valence-corrected chi connectivity index (χ0v) is 10.2. The van der Waals surface area contributed by atoms with Crippen molar-refractivity contribution in [2.24, 2.45) is 0 Å². The van der Waals surface area contributed by atoms with Crippen LogP contribution in [0.3, 0.4) is 0 Å². The van der Waals surface area contributed by atoms with Crippen molar-refractivity contribution in [3.8, 4) is 0 Å². The lowest BCUT2D eigenvalue weighted by Gasteiger charge is -2.06. The highest BCUT2D eigenvalue weighted by atomic mass is 35.5. The van der Waals surface area contributed by atoms with Crippen LogP contribution in [0.2, 0.25) is 0 Å². The van der Waals surface area contributed by atoms with Crippen molar-refractivity contribution in [2.75, 3.05) is 6.61 Å². The van der Waals surface area contributed by atoms with Gasteiger partial charge in [0.1, 0.15) is 0 Å². The second-order valence-corrected chi connectivity index (χ2v) is 5.15. The van der Waals surface area contributed by atoms with E-state index in [0.717, 1.165) is 0 Å². The molecular weight excluding hydrogens is 252 g/mol. The molecule has 0 unspecified atom stereocenters. The molecule has 0 amide bonds. The zero-order chi connectivity index (χ0) is 12.2. The van der Waals surface area contributed by atoms with E-state index in [4.69, 9.17) is 11.6 Å². The Kier molecular flexibility index (Phi) is 4.46. The number of hydrogen-bond donors (Lipinski definition) is 0. The molecule has 0 saturated carbocycles. The minimum atomic E-state index is -3.80. The molecule has 88 valence electrons. The van der Waals surface area contributed by atoms with Gasteiger partial charge in [0.05, 0.1) is 11.5 Å². The largest absolute Gasteiger partial charge is 0.297 e. The minimum Gasteiger partial charge on any atom is -0.281 e. The fraction of sp³-hybridized carbons (Fsp3) is 0.300. The fourth-order valence-corrected chi connectivity index (χ4v) is 2.35. The van der Waals surface area contributed by atoms with Crippen molar-refractivity contribution in [3.63, 3.8) is 0 Å². The van der Waals surface area contributed by atoms with Crippen molar-refractivity contribution in [1.29, 1.82) is 0 Å². The third-order valence-electron chi connectivity index (χ3n) is 1.90. The van der Waals surface area contributed by atoms with Gasteiger partial charge in [-0.1, -0.05) is 18.2 Å². The van der Waals surface area contributed by atoms with E-state index in [0.29, 0.717) is 5.56 Å². The molecule has 1 aromatic rings. The number of halogens is 1. The summed E-state index contributed by atoms with van der Waals surface area (Å²) in [6.45, 7) is 1.43. The van der Waals surface area contributed by atoms with Gasteiger partial charge in [-0.05, 0) is 30.2 Å². The molecule has 6 heteroatoms. The summed E-state index contributed by atoms with van der Waals surface area (Å²) in [4.78, 5) is 10.5. The first kappa shape index (κ1) is 13.2. The average Bonchev–Trinajstić information content (AvgIpc) is 2.17. The van der Waals surface area contributed by atoms with Crippen LogP contribution in [0.15, 0.2) is 29.2 Å². The van der Waals surface area contributed by atoms with Gasteiger partial charge in [-0.3, -0.25) is 8.98 Å². The van der Waals surface area contributed by atoms with Crippen LogP contribution in [0, 0.1) is 6.92 Å². The molecule has 0 bridgehead atoms. The molecule has 0 aromatic heterocycles. The Bertz CT molecular complexity index is 481. The number of aryl methyl sites for hydroxylation is 1. The van der Waals surface area contributed by atoms with Gasteiger partial charge in [-0.2, -0.15) is 8.42 Å². The highest BCUT2D eigenvalue weighted by molar-refractivity contribution is 7.86. The summed E-state index contributed by atoms with van der Waals surface area (Å²) in [6, 6.07) is 6.46. The Morgan fingerprint density at radius 2 is 2.00 bits per heavy atom. The Labute approximate surface area is 99.3 Å². The lowest BCUT2D eigenvalue weighted by atomic mass is 10.2. The highest BCUT2D eigenvalue weighted by Gasteiger charge is 2.17. The van der Waals surface area contributed by atoms with E-state index in [-0.39, 0.29) is 17.9 Å². The lowest BCUT2D eigenvalue weighted by Crippen LogP contribution is -2.10. The topological polar surface area (TPSA) is 60.4 Å². The number of benzene rings is 1. The van der Waals surface area contributed by atoms with E-state index in [2.05, 4.69) is 4.18 Å². The van der Waals surface area contributed by atoms with Crippen LogP contribution in [0.1, 0.15) is 12.0 Å². The maximum atomic E-state index is 11.7. The van der Waals surface area contributed by atoms with E-state index in [1.807, 2.05) is 0 Å². The predicted octanol–water partition coefficient (Wildman–Crippen LogP) is 1.86. The van der Waals surface area contributed by atoms with E-state index in [1.165, 1.54) is 6.07 Å². The number of carbonyl (C=O) groups excluding carboxylic acids is 1. The maximum Gasteiger partial charge on any atom is 0.297 e. The number of hydrogen-bond acceptors (Lipinski definition) is 4. The molecule has 0 N–H and O–H groups in total. The third-order valence-corrected chi connectivity index (χ3v) is 3.56. The molecule has 16 heavy (non-hydrogen) atoms. The van der Waals surface area contributed by atoms with Crippen molar-refractivity contribution >= 4 is 27.0 Å². The SMILES string of the molecule is Cc1ccccc1S(=O)(=O)OCCC(=O)Cl. The molecule has 0 saturated heterocycles. The lowest BCUT2D eigenvalue weighted by molar-refractivity contribution is -0.112. The summed E-state index contributed by atoms with van der Waals surface area (Å²) >= 11 is 5.07. The Morgan fingerprint density at radius 3 is 2.56 bits per heavy atom. The molecule has 0 radical (unpaired) electrons. The summed E-state index contributed by atoms with van der Waals surface area (Å²) in [5.41, 5.74) is 0.597. The Morgan fingerprint density at radius 1 is 1.38 bits per heavy atom. The molecule has 0 aliphatic rings. The van der Waals surface area contributed by atoms with Crippen molar-refractivity contribution in [2.45, 2.75) is 18.2 Å². The van der Waals surface area contributed by atoms with Gasteiger partial charge in [0.25, 0.3) is 10.1 Å². The first-order valence-electron chi connectivity index (χ1n) is 4.57. The van der Waals surface area contributed by atoms with Crippen LogP contribution in [-0.4, -0.2) is 20.3 Å². The summed E-state index contributed by atoms with van der Waals surface area (Å²) in [7, 11) is -3.80. The average molecular weight is 263 g/mol. The van der Waals surface area contributed by atoms with Crippen molar-refractivity contribution in [1.82, 2.24) is 0 Å². The molecule has 0 atom stereocenters. The Hall–Kier alpha value is -0.910. The predicted molar refractivity (Wildman–Crippen MR) is 59.8 cm³/mol. The van der Waals surface area contributed by atoms with Crippen molar-refractivity contribution in [3.05, 3.63) is 29.8 Å². The van der Waals surface area contributed by atoms with Crippen molar-refractivity contribution < 1.29 is 17.4 Å². The molecule has 1 rings (SSSR count). The monoisotopic (exact) mass is 262 g/mol. The van der Waals surface area contributed by atoms with E-state index < -0.39 is 15.4 Å². The molecule has 0 fully saturated rings. The van der Waals surface area contributed by atoms with Gasteiger partial charge in [0.2, 0.25) is 5.24 Å². The first-order chi connectivity index (χ1) is 7.43. The number of rotatable bonds is 5. The summed E-state index contributed by atoms with van der Waals surface area (Å²) < 4.78 is 28.0. The standard InChI is InChI=1S/C10H11ClO4S/c1-8-4-2-3-5-9(8)16(13,14)15-7-6-10(11)12/h2-5H,6-7H2,1H3. The van der Waals surface area contributed by atoms with Gasteiger partial charge in [0, 0.05) is 6.42 Å². The molecule has 4 nitrogen and oxygen atoms in total. The fourth-order valence-electron chi connectivity index (χ4n) is 1.13. The van der Waals surface area contributed by atoms with Crippen LogP contribution in [0.25, 0.3) is 0 Å². The normalized spacial score (nSPS) is 11.4. The van der Waals surface area contributed by atoms with Crippen LogP contribution in [0.5, 0.6) is 0 Å².